The Morgan fingerprint density at radius 3 is 2.66 bits per heavy atom. The quantitative estimate of drug-likeness (QED) is 0.160. The predicted molar refractivity (Wildman–Crippen MR) is 150 cm³/mol. The third-order valence-electron chi connectivity index (χ3n) is 6.84. The van der Waals surface area contributed by atoms with Crippen molar-refractivity contribution in [3.05, 3.63) is 105 Å². The van der Waals surface area contributed by atoms with Crippen LogP contribution in [0.1, 0.15) is 22.8 Å². The molecule has 0 saturated heterocycles. The highest BCUT2D eigenvalue weighted by molar-refractivity contribution is 7.90. The molecule has 1 amide bonds. The van der Waals surface area contributed by atoms with Crippen LogP contribution in [0.2, 0.25) is 5.02 Å². The van der Waals surface area contributed by atoms with Gasteiger partial charge in [0.15, 0.2) is 4.90 Å². The summed E-state index contributed by atoms with van der Waals surface area (Å²) >= 11 is 5.82. The average Bonchev–Trinajstić information content (AvgIpc) is 3.49. The van der Waals surface area contributed by atoms with Gasteiger partial charge in [-0.15, -0.1) is 16.2 Å². The van der Waals surface area contributed by atoms with E-state index in [4.69, 9.17) is 11.6 Å². The van der Waals surface area contributed by atoms with E-state index < -0.39 is 23.2 Å². The summed E-state index contributed by atoms with van der Waals surface area (Å²) in [5.74, 6) is -1.12. The smallest absolute Gasteiger partial charge is 0.290 e. The number of nitroso groups, excluding NO2 is 1. The number of thiophene rings is 1. The van der Waals surface area contributed by atoms with E-state index in [1.54, 1.807) is 28.2 Å². The van der Waals surface area contributed by atoms with Gasteiger partial charge >= 0.3 is 0 Å². The van der Waals surface area contributed by atoms with Crippen molar-refractivity contribution in [3.63, 3.8) is 0 Å². The van der Waals surface area contributed by atoms with Crippen molar-refractivity contribution in [3.8, 4) is 28.5 Å². The van der Waals surface area contributed by atoms with Crippen molar-refractivity contribution in [2.75, 3.05) is 0 Å². The maximum atomic E-state index is 14.2. The van der Waals surface area contributed by atoms with Crippen molar-refractivity contribution in [1.82, 2.24) is 3.97 Å². The molecule has 38 heavy (non-hydrogen) atoms. The lowest BCUT2D eigenvalue weighted by Gasteiger charge is -2.16. The van der Waals surface area contributed by atoms with Gasteiger partial charge in [-0.25, -0.2) is 0 Å². The molecular weight excluding hydrogens is 538 g/mol. The Morgan fingerprint density at radius 2 is 1.89 bits per heavy atom. The molecule has 0 aliphatic heterocycles. The zero-order valence-corrected chi connectivity index (χ0v) is 22.1. The third kappa shape index (κ3) is 4.14. The molecule has 9 heteroatoms. The topological polar surface area (TPSA) is 98.3 Å². The maximum absolute atomic E-state index is 14.2. The van der Waals surface area contributed by atoms with E-state index in [1.807, 2.05) is 60.0 Å². The minimum atomic E-state index is -1.64. The molecule has 3 atom stereocenters. The molecule has 1 saturated carbocycles. The highest BCUT2D eigenvalue weighted by Crippen LogP contribution is 2.50. The third-order valence-corrected chi connectivity index (χ3v) is 9.29. The maximum Gasteiger partial charge on any atom is 0.290 e. The normalized spacial score (nSPS) is 17.2. The molecule has 3 unspecified atom stereocenters. The van der Waals surface area contributed by atoms with Gasteiger partial charge in [0.25, 0.3) is 5.91 Å². The molecule has 1 aliphatic rings. The van der Waals surface area contributed by atoms with Gasteiger partial charge in [0.1, 0.15) is 28.0 Å². The number of fused-ring (bicyclic) bond motifs is 1. The van der Waals surface area contributed by atoms with Crippen LogP contribution < -0.4 is 0 Å². The fourth-order valence-electron chi connectivity index (χ4n) is 4.99. The van der Waals surface area contributed by atoms with E-state index in [2.05, 4.69) is 11.2 Å². The molecule has 0 N–H and O–H groups in total. The lowest BCUT2D eigenvalue weighted by Crippen LogP contribution is -2.14. The lowest BCUT2D eigenvalue weighted by atomic mass is 9.97. The first-order valence-corrected chi connectivity index (χ1v) is 14.1. The second-order valence-corrected chi connectivity index (χ2v) is 11.7. The summed E-state index contributed by atoms with van der Waals surface area (Å²) in [7, 11) is 0. The van der Waals surface area contributed by atoms with Crippen molar-refractivity contribution in [2.45, 2.75) is 17.2 Å². The van der Waals surface area contributed by atoms with E-state index >= 15 is 0 Å². The molecule has 0 bridgehead atoms. The van der Waals surface area contributed by atoms with E-state index in [0.717, 1.165) is 33.2 Å². The van der Waals surface area contributed by atoms with Crippen molar-refractivity contribution >= 4 is 51.1 Å². The number of halogens is 1. The number of nitrogens with zero attached hydrogens (tertiary/aromatic N) is 3. The van der Waals surface area contributed by atoms with Crippen LogP contribution in [0.25, 0.3) is 33.3 Å². The minimum Gasteiger partial charge on any atom is -0.587 e. The van der Waals surface area contributed by atoms with Crippen LogP contribution in [0.4, 0.5) is 0 Å². The highest BCUT2D eigenvalue weighted by atomic mass is 35.5. The van der Waals surface area contributed by atoms with Crippen LogP contribution in [0.3, 0.4) is 0 Å². The van der Waals surface area contributed by atoms with E-state index in [9.17, 15) is 19.5 Å². The molecule has 1 aliphatic carbocycles. The van der Waals surface area contributed by atoms with Crippen LogP contribution in [-0.2, 0) is 16.2 Å². The zero-order chi connectivity index (χ0) is 26.4. The second kappa shape index (κ2) is 9.86. The number of aromatic nitrogens is 1. The summed E-state index contributed by atoms with van der Waals surface area (Å²) in [5, 5.41) is 15.8. The number of carbonyl (C=O) groups is 1. The summed E-state index contributed by atoms with van der Waals surface area (Å²) in [6.45, 7) is 0. The SMILES string of the molecule is N#Cc1sccc1-c1c(-c2cccc(C3CC3C(=O)N=O)c2)n([S+]([O-])c2ccc(Cl)cc2)c2ccccc12. The number of carbonyl (C=O) groups excluding carboxylic acids is 1. The number of nitriles is 1. The Kier molecular flexibility index (Phi) is 6.38. The first-order valence-electron chi connectivity index (χ1n) is 11.8. The number of amides is 1. The van der Waals surface area contributed by atoms with E-state index in [0.29, 0.717) is 26.9 Å². The van der Waals surface area contributed by atoms with Crippen molar-refractivity contribution in [2.24, 2.45) is 11.1 Å². The second-order valence-electron chi connectivity index (χ2n) is 9.02. The van der Waals surface area contributed by atoms with Gasteiger partial charge in [-0.2, -0.15) is 9.23 Å². The van der Waals surface area contributed by atoms with E-state index in [1.165, 1.54) is 11.3 Å². The molecule has 186 valence electrons. The van der Waals surface area contributed by atoms with Gasteiger partial charge in [-0.05, 0) is 65.7 Å². The van der Waals surface area contributed by atoms with Gasteiger partial charge in [0.2, 0.25) is 0 Å². The number of hydrogen-bond acceptors (Lipinski definition) is 5. The Hall–Kier alpha value is -3.74. The fourth-order valence-corrected chi connectivity index (χ4v) is 7.08. The van der Waals surface area contributed by atoms with Crippen LogP contribution in [0, 0.1) is 22.2 Å². The fraction of sp³-hybridized carbons (Fsp3) is 0.103. The van der Waals surface area contributed by atoms with Crippen LogP contribution in [0.5, 0.6) is 0 Å². The predicted octanol–water partition coefficient (Wildman–Crippen LogP) is 7.53. The molecule has 6 nitrogen and oxygen atoms in total. The first kappa shape index (κ1) is 24.6. The molecule has 6 rings (SSSR count). The summed E-state index contributed by atoms with van der Waals surface area (Å²) in [4.78, 5) is 23.8. The summed E-state index contributed by atoms with van der Waals surface area (Å²) < 4.78 is 16.0. The molecule has 3 aromatic carbocycles. The highest BCUT2D eigenvalue weighted by Gasteiger charge is 2.45. The summed E-state index contributed by atoms with van der Waals surface area (Å²) in [6.07, 6.45) is 0.573. The number of hydrogen-bond donors (Lipinski definition) is 0. The van der Waals surface area contributed by atoms with Crippen molar-refractivity contribution < 1.29 is 9.35 Å². The lowest BCUT2D eigenvalue weighted by molar-refractivity contribution is -0.119. The van der Waals surface area contributed by atoms with Gasteiger partial charge in [-0.1, -0.05) is 48.0 Å². The van der Waals surface area contributed by atoms with Gasteiger partial charge in [0.05, 0.1) is 11.4 Å². The Bertz CT molecular complexity index is 1750. The number of rotatable bonds is 6. The molecule has 0 radical (unpaired) electrons. The standard InChI is InChI=1S/C29H18ClN3O3S2/c30-19-8-10-20(11-9-19)38(36)33-25-7-2-1-6-21(25)27(22-12-13-37-26(22)16-31)28(33)18-5-3-4-17(14-18)23-15-24(23)29(34)32-35/h1-14,23-24H,15H2. The molecular formula is C29H18ClN3O3S2. The van der Waals surface area contributed by atoms with Gasteiger partial charge in [-0.3, -0.25) is 4.79 Å². The van der Waals surface area contributed by atoms with Crippen LogP contribution in [0.15, 0.2) is 94.3 Å². The average molecular weight is 556 g/mol. The minimum absolute atomic E-state index is 0.0843. The first-order chi connectivity index (χ1) is 18.5. The zero-order valence-electron chi connectivity index (χ0n) is 19.7. The summed E-state index contributed by atoms with van der Waals surface area (Å²) in [5.41, 5.74) is 4.75. The number of benzene rings is 3. The molecule has 2 aromatic heterocycles. The van der Waals surface area contributed by atoms with Crippen LogP contribution >= 0.6 is 22.9 Å². The Labute approximate surface area is 230 Å². The Balaban J connectivity index is 1.62. The molecule has 1 fully saturated rings. The monoisotopic (exact) mass is 555 g/mol. The Morgan fingerprint density at radius 1 is 1.11 bits per heavy atom. The number of para-hydroxylation sites is 1. The van der Waals surface area contributed by atoms with Crippen LogP contribution in [-0.4, -0.2) is 14.4 Å². The summed E-state index contributed by atoms with van der Waals surface area (Å²) in [6, 6.07) is 26.6. The molecule has 2 heterocycles. The molecule has 5 aromatic rings. The van der Waals surface area contributed by atoms with Gasteiger partial charge < -0.3 is 4.55 Å². The van der Waals surface area contributed by atoms with Crippen molar-refractivity contribution in [1.29, 1.82) is 5.26 Å². The largest absolute Gasteiger partial charge is 0.587 e. The molecule has 0 spiro atoms. The van der Waals surface area contributed by atoms with Gasteiger partial charge in [0, 0.05) is 32.3 Å². The van der Waals surface area contributed by atoms with E-state index in [-0.39, 0.29) is 5.92 Å².